The molecule has 0 atom stereocenters. The average molecular weight is 323 g/mol. The summed E-state index contributed by atoms with van der Waals surface area (Å²) in [4.78, 5) is 12.5. The van der Waals surface area contributed by atoms with Gasteiger partial charge in [-0.2, -0.15) is 13.2 Å². The molecule has 7 heteroatoms. The predicted molar refractivity (Wildman–Crippen MR) is 68.8 cm³/mol. The maximum absolute atomic E-state index is 13.1. The Labute approximate surface area is 120 Å². The first-order valence-electron chi connectivity index (χ1n) is 5.41. The second-order valence-corrected chi connectivity index (χ2v) is 5.79. The molecular formula is C13H7ClF4OS. The maximum Gasteiger partial charge on any atom is 0.417 e. The smallest absolute Gasteiger partial charge is 0.294 e. The number of hydrogen-bond donors (Lipinski definition) is 0. The van der Waals surface area contributed by atoms with E-state index in [9.17, 15) is 22.4 Å². The quantitative estimate of drug-likeness (QED) is 0.575. The number of halogens is 5. The van der Waals surface area contributed by atoms with Crippen molar-refractivity contribution in [2.24, 2.45) is 0 Å². The molecule has 1 aromatic carbocycles. The highest BCUT2D eigenvalue weighted by Gasteiger charge is 2.35. The van der Waals surface area contributed by atoms with Crippen LogP contribution in [0.1, 0.15) is 20.8 Å². The van der Waals surface area contributed by atoms with E-state index in [1.165, 1.54) is 0 Å². The number of carbonyl (C=O) groups excluding carboxylic acids is 1. The molecule has 2 rings (SSSR count). The molecule has 106 valence electrons. The third kappa shape index (κ3) is 3.37. The number of ketones is 1. The largest absolute Gasteiger partial charge is 0.417 e. The molecule has 0 unspecified atom stereocenters. The van der Waals surface area contributed by atoms with Crippen LogP contribution in [-0.4, -0.2) is 5.78 Å². The number of rotatable bonds is 3. The van der Waals surface area contributed by atoms with Crippen molar-refractivity contribution in [2.45, 2.75) is 12.6 Å². The Balaban J connectivity index is 2.36. The van der Waals surface area contributed by atoms with Gasteiger partial charge in [-0.3, -0.25) is 4.79 Å². The molecule has 0 saturated carbocycles. The number of carbonyl (C=O) groups is 1. The van der Waals surface area contributed by atoms with Crippen molar-refractivity contribution >= 4 is 28.7 Å². The lowest BCUT2D eigenvalue weighted by Crippen LogP contribution is -2.14. The van der Waals surface area contributed by atoms with E-state index in [1.807, 2.05) is 0 Å². The van der Waals surface area contributed by atoms with Crippen molar-refractivity contribution in [3.8, 4) is 0 Å². The molecule has 1 heterocycles. The molecule has 0 aliphatic rings. The van der Waals surface area contributed by atoms with E-state index in [1.54, 1.807) is 12.1 Å². The monoisotopic (exact) mass is 322 g/mol. The fourth-order valence-electron chi connectivity index (χ4n) is 1.69. The highest BCUT2D eigenvalue weighted by molar-refractivity contribution is 7.16. The summed E-state index contributed by atoms with van der Waals surface area (Å²) in [5.41, 5.74) is -1.80. The predicted octanol–water partition coefficient (Wildman–Crippen LogP) is 4.98. The first-order valence-corrected chi connectivity index (χ1v) is 6.61. The summed E-state index contributed by atoms with van der Waals surface area (Å²) in [6.07, 6.45) is -4.95. The second kappa shape index (κ2) is 5.54. The van der Waals surface area contributed by atoms with Crippen LogP contribution in [0.5, 0.6) is 0 Å². The average Bonchev–Trinajstić information content (AvgIpc) is 2.73. The Bertz CT molecular complexity index is 648. The molecule has 2 aromatic rings. The number of benzene rings is 1. The van der Waals surface area contributed by atoms with Gasteiger partial charge in [0.25, 0.3) is 0 Å². The molecule has 0 amide bonds. The normalized spacial score (nSPS) is 11.7. The number of hydrogen-bond acceptors (Lipinski definition) is 2. The van der Waals surface area contributed by atoms with Crippen molar-refractivity contribution in [1.82, 2.24) is 0 Å². The Kier molecular flexibility index (Phi) is 4.15. The molecular weight excluding hydrogens is 316 g/mol. The third-order valence-electron chi connectivity index (χ3n) is 2.55. The fourth-order valence-corrected chi connectivity index (χ4v) is 2.78. The van der Waals surface area contributed by atoms with Gasteiger partial charge in [0.15, 0.2) is 5.78 Å². The molecule has 0 saturated heterocycles. The van der Waals surface area contributed by atoms with Crippen LogP contribution in [-0.2, 0) is 12.6 Å². The SMILES string of the molecule is O=C(Cc1ccc(Cl)s1)c1cc(F)ccc1C(F)(F)F. The summed E-state index contributed by atoms with van der Waals surface area (Å²) in [7, 11) is 0. The summed E-state index contributed by atoms with van der Waals surface area (Å²) in [6, 6.07) is 4.97. The summed E-state index contributed by atoms with van der Waals surface area (Å²) < 4.78 is 51.9. The second-order valence-electron chi connectivity index (χ2n) is 3.99. The van der Waals surface area contributed by atoms with Gasteiger partial charge in [-0.1, -0.05) is 11.6 Å². The van der Waals surface area contributed by atoms with Gasteiger partial charge in [-0.15, -0.1) is 11.3 Å². The van der Waals surface area contributed by atoms with Crippen molar-refractivity contribution in [2.75, 3.05) is 0 Å². The van der Waals surface area contributed by atoms with Gasteiger partial charge in [0.1, 0.15) is 5.82 Å². The van der Waals surface area contributed by atoms with Crippen molar-refractivity contribution in [3.63, 3.8) is 0 Å². The fraction of sp³-hybridized carbons (Fsp3) is 0.154. The summed E-state index contributed by atoms with van der Waals surface area (Å²) in [5, 5.41) is 0. The van der Waals surface area contributed by atoms with Crippen LogP contribution in [0.25, 0.3) is 0 Å². The molecule has 0 N–H and O–H groups in total. The molecule has 1 nitrogen and oxygen atoms in total. The lowest BCUT2D eigenvalue weighted by Gasteiger charge is -2.11. The number of thiophene rings is 1. The van der Waals surface area contributed by atoms with E-state index in [4.69, 9.17) is 11.6 Å². The Morgan fingerprint density at radius 1 is 1.20 bits per heavy atom. The summed E-state index contributed by atoms with van der Waals surface area (Å²) in [6.45, 7) is 0. The minimum Gasteiger partial charge on any atom is -0.294 e. The molecule has 1 aromatic heterocycles. The van der Waals surface area contributed by atoms with Crippen molar-refractivity contribution < 1.29 is 22.4 Å². The first kappa shape index (κ1) is 15.0. The molecule has 20 heavy (non-hydrogen) atoms. The minimum atomic E-state index is -4.70. The van der Waals surface area contributed by atoms with Crippen molar-refractivity contribution in [1.29, 1.82) is 0 Å². The molecule has 0 spiro atoms. The molecule has 0 fully saturated rings. The van der Waals surface area contributed by atoms with Crippen LogP contribution >= 0.6 is 22.9 Å². The van der Waals surface area contributed by atoms with E-state index in [0.29, 0.717) is 27.4 Å². The zero-order chi connectivity index (χ0) is 14.9. The van der Waals surface area contributed by atoms with E-state index in [-0.39, 0.29) is 6.42 Å². The molecule has 0 aliphatic carbocycles. The summed E-state index contributed by atoms with van der Waals surface area (Å²) >= 11 is 6.78. The van der Waals surface area contributed by atoms with Crippen molar-refractivity contribution in [3.05, 3.63) is 56.5 Å². The van der Waals surface area contributed by atoms with Crippen LogP contribution < -0.4 is 0 Å². The highest BCUT2D eigenvalue weighted by Crippen LogP contribution is 2.33. The molecule has 0 aliphatic heterocycles. The van der Waals surface area contributed by atoms with E-state index in [2.05, 4.69) is 0 Å². The van der Waals surface area contributed by atoms with Gasteiger partial charge in [-0.25, -0.2) is 4.39 Å². The summed E-state index contributed by atoms with van der Waals surface area (Å²) in [5.74, 6) is -1.68. The third-order valence-corrected chi connectivity index (χ3v) is 3.78. The van der Waals surface area contributed by atoms with Crippen LogP contribution in [0.15, 0.2) is 30.3 Å². The topological polar surface area (TPSA) is 17.1 Å². The van der Waals surface area contributed by atoms with Crippen LogP contribution in [0.2, 0.25) is 4.34 Å². The lowest BCUT2D eigenvalue weighted by molar-refractivity contribution is -0.137. The van der Waals surface area contributed by atoms with Gasteiger partial charge in [-0.05, 0) is 30.3 Å². The zero-order valence-corrected chi connectivity index (χ0v) is 11.4. The zero-order valence-electron chi connectivity index (χ0n) is 9.80. The molecule has 0 radical (unpaired) electrons. The van der Waals surface area contributed by atoms with E-state index < -0.39 is 28.9 Å². The number of Topliss-reactive ketones (excluding diaryl/α,β-unsaturated/α-hetero) is 1. The highest BCUT2D eigenvalue weighted by atomic mass is 35.5. The standard InChI is InChI=1S/C13H7ClF4OS/c14-12-4-2-8(20-12)6-11(19)9-5-7(15)1-3-10(9)13(16,17)18/h1-5H,6H2. The van der Waals surface area contributed by atoms with Gasteiger partial charge < -0.3 is 0 Å². The Morgan fingerprint density at radius 2 is 1.90 bits per heavy atom. The first-order chi connectivity index (χ1) is 9.27. The van der Waals surface area contributed by atoms with E-state index in [0.717, 1.165) is 11.3 Å². The molecule has 0 bridgehead atoms. The van der Waals surface area contributed by atoms with Gasteiger partial charge in [0, 0.05) is 16.9 Å². The maximum atomic E-state index is 13.1. The van der Waals surface area contributed by atoms with Crippen LogP contribution in [0.3, 0.4) is 0 Å². The van der Waals surface area contributed by atoms with E-state index >= 15 is 0 Å². The minimum absolute atomic E-state index is 0.246. The van der Waals surface area contributed by atoms with Gasteiger partial charge in [0.2, 0.25) is 0 Å². The number of alkyl halides is 3. The Morgan fingerprint density at radius 3 is 2.45 bits per heavy atom. The Hall–Kier alpha value is -1.40. The van der Waals surface area contributed by atoms with Gasteiger partial charge in [0.05, 0.1) is 9.90 Å². The van der Waals surface area contributed by atoms with Crippen LogP contribution in [0.4, 0.5) is 17.6 Å². The van der Waals surface area contributed by atoms with Crippen LogP contribution in [0, 0.1) is 5.82 Å². The lowest BCUT2D eigenvalue weighted by atomic mass is 10.0. The van der Waals surface area contributed by atoms with Gasteiger partial charge >= 0.3 is 6.18 Å².